The van der Waals surface area contributed by atoms with E-state index >= 15 is 0 Å². The number of likely N-dealkylation sites (N-methyl/N-ethyl adjacent to an activating group) is 1. The largest absolute Gasteiger partial charge is 0.384 e. The number of anilines is 2. The Morgan fingerprint density at radius 2 is 1.95 bits per heavy atom. The van der Waals surface area contributed by atoms with Crippen LogP contribution in [0.5, 0.6) is 0 Å². The number of aromatic nitrogens is 2. The summed E-state index contributed by atoms with van der Waals surface area (Å²) < 4.78 is 0. The Hall–Kier alpha value is -2.43. The average Bonchev–Trinajstić information content (AvgIpc) is 2.60. The van der Waals surface area contributed by atoms with Gasteiger partial charge in [0, 0.05) is 24.4 Å². The van der Waals surface area contributed by atoms with E-state index in [1.807, 2.05) is 32.0 Å². The van der Waals surface area contributed by atoms with E-state index in [9.17, 15) is 4.79 Å². The van der Waals surface area contributed by atoms with Gasteiger partial charge in [0.15, 0.2) is 0 Å². The first-order chi connectivity index (χ1) is 9.41. The smallest absolute Gasteiger partial charge is 0.236 e. The van der Waals surface area contributed by atoms with Crippen molar-refractivity contribution in [2.24, 2.45) is 0 Å². The fourth-order valence-corrected chi connectivity index (χ4v) is 2.66. The highest BCUT2D eigenvalue weighted by atomic mass is 16.2. The maximum absolute atomic E-state index is 12.3. The van der Waals surface area contributed by atoms with Crippen LogP contribution in [-0.4, -0.2) is 22.9 Å². The molecule has 0 saturated heterocycles. The molecule has 0 fully saturated rings. The van der Waals surface area contributed by atoms with E-state index < -0.39 is 5.41 Å². The molecule has 5 heteroatoms. The minimum Gasteiger partial charge on any atom is -0.384 e. The maximum atomic E-state index is 12.3. The number of nitrogens with two attached hydrogens (primary N) is 1. The summed E-state index contributed by atoms with van der Waals surface area (Å²) in [5, 5.41) is 0. The van der Waals surface area contributed by atoms with E-state index in [1.54, 1.807) is 18.0 Å². The van der Waals surface area contributed by atoms with E-state index in [0.717, 1.165) is 22.5 Å². The van der Waals surface area contributed by atoms with Gasteiger partial charge in [0.25, 0.3) is 0 Å². The van der Waals surface area contributed by atoms with Gasteiger partial charge in [-0.15, -0.1) is 0 Å². The molecular weight excluding hydrogens is 252 g/mol. The van der Waals surface area contributed by atoms with Gasteiger partial charge < -0.3 is 10.6 Å². The van der Waals surface area contributed by atoms with Gasteiger partial charge in [0.1, 0.15) is 12.1 Å². The second-order valence-electron chi connectivity index (χ2n) is 5.55. The first-order valence-electron chi connectivity index (χ1n) is 6.42. The van der Waals surface area contributed by atoms with Crippen molar-refractivity contribution in [1.29, 1.82) is 0 Å². The van der Waals surface area contributed by atoms with Gasteiger partial charge in [-0.1, -0.05) is 6.07 Å². The van der Waals surface area contributed by atoms with Crippen LogP contribution in [0.25, 0.3) is 11.3 Å². The summed E-state index contributed by atoms with van der Waals surface area (Å²) in [5.41, 5.74) is 8.84. The zero-order chi connectivity index (χ0) is 14.5. The number of rotatable bonds is 1. The number of nitrogens with zero attached hydrogens (tertiary/aromatic N) is 3. The van der Waals surface area contributed by atoms with Crippen LogP contribution in [0.2, 0.25) is 0 Å². The molecule has 0 spiro atoms. The topological polar surface area (TPSA) is 72.1 Å². The Bertz CT molecular complexity index is 709. The highest BCUT2D eigenvalue weighted by molar-refractivity contribution is 6.07. The highest BCUT2D eigenvalue weighted by Crippen LogP contribution is 2.42. The summed E-state index contributed by atoms with van der Waals surface area (Å²) >= 11 is 0. The van der Waals surface area contributed by atoms with Crippen LogP contribution < -0.4 is 10.6 Å². The summed E-state index contributed by atoms with van der Waals surface area (Å²) in [6, 6.07) is 7.65. The number of carbonyl (C=O) groups is 1. The van der Waals surface area contributed by atoms with E-state index in [4.69, 9.17) is 5.73 Å². The van der Waals surface area contributed by atoms with Crippen LogP contribution in [-0.2, 0) is 10.2 Å². The third-order valence-electron chi connectivity index (χ3n) is 3.85. The number of benzene rings is 1. The molecule has 0 atom stereocenters. The van der Waals surface area contributed by atoms with Gasteiger partial charge in [-0.3, -0.25) is 4.79 Å². The molecule has 102 valence electrons. The van der Waals surface area contributed by atoms with Crippen LogP contribution in [0.15, 0.2) is 30.6 Å². The summed E-state index contributed by atoms with van der Waals surface area (Å²) in [7, 11) is 1.80. The number of nitrogen functional groups attached to an aromatic ring is 1. The summed E-state index contributed by atoms with van der Waals surface area (Å²) in [5.74, 6) is 0.537. The predicted molar refractivity (Wildman–Crippen MR) is 78.3 cm³/mol. The van der Waals surface area contributed by atoms with E-state index in [-0.39, 0.29) is 5.91 Å². The molecule has 5 nitrogen and oxygen atoms in total. The van der Waals surface area contributed by atoms with Crippen molar-refractivity contribution < 1.29 is 4.79 Å². The minimum atomic E-state index is -0.515. The molecular formula is C15H16N4O. The second-order valence-corrected chi connectivity index (χ2v) is 5.55. The van der Waals surface area contributed by atoms with Crippen molar-refractivity contribution in [3.8, 4) is 11.3 Å². The molecule has 20 heavy (non-hydrogen) atoms. The number of amides is 1. The number of hydrogen-bond acceptors (Lipinski definition) is 4. The van der Waals surface area contributed by atoms with Crippen LogP contribution in [0, 0.1) is 0 Å². The Morgan fingerprint density at radius 1 is 1.20 bits per heavy atom. The number of hydrogen-bond donors (Lipinski definition) is 1. The molecule has 2 heterocycles. The first-order valence-corrected chi connectivity index (χ1v) is 6.42. The van der Waals surface area contributed by atoms with E-state index in [0.29, 0.717) is 5.82 Å². The zero-order valence-corrected chi connectivity index (χ0v) is 11.7. The van der Waals surface area contributed by atoms with E-state index in [1.165, 1.54) is 6.33 Å². The van der Waals surface area contributed by atoms with Gasteiger partial charge in [0.2, 0.25) is 5.91 Å². The van der Waals surface area contributed by atoms with Crippen molar-refractivity contribution >= 4 is 17.4 Å². The van der Waals surface area contributed by atoms with Crippen molar-refractivity contribution in [2.45, 2.75) is 19.3 Å². The molecule has 1 aromatic carbocycles. The van der Waals surface area contributed by atoms with Crippen LogP contribution in [0.4, 0.5) is 11.5 Å². The Kier molecular flexibility index (Phi) is 2.54. The van der Waals surface area contributed by atoms with Gasteiger partial charge in [0.05, 0.1) is 11.1 Å². The molecule has 0 aliphatic carbocycles. The maximum Gasteiger partial charge on any atom is 0.236 e. The molecule has 1 aliphatic heterocycles. The molecule has 0 unspecified atom stereocenters. The molecule has 0 bridgehead atoms. The fourth-order valence-electron chi connectivity index (χ4n) is 2.66. The normalized spacial score (nSPS) is 16.4. The first kappa shape index (κ1) is 12.6. The van der Waals surface area contributed by atoms with Gasteiger partial charge in [-0.25, -0.2) is 9.97 Å². The molecule has 1 amide bonds. The summed E-state index contributed by atoms with van der Waals surface area (Å²) in [6.07, 6.45) is 1.44. The van der Waals surface area contributed by atoms with Gasteiger partial charge in [-0.05, 0) is 31.5 Å². The van der Waals surface area contributed by atoms with Crippen molar-refractivity contribution in [2.75, 3.05) is 17.7 Å². The van der Waals surface area contributed by atoms with Crippen molar-refractivity contribution in [3.63, 3.8) is 0 Å². The minimum absolute atomic E-state index is 0.104. The molecule has 2 aromatic rings. The molecule has 3 rings (SSSR count). The Morgan fingerprint density at radius 3 is 2.65 bits per heavy atom. The van der Waals surface area contributed by atoms with Crippen molar-refractivity contribution in [1.82, 2.24) is 9.97 Å². The molecule has 0 radical (unpaired) electrons. The van der Waals surface area contributed by atoms with Crippen LogP contribution in [0.3, 0.4) is 0 Å². The quantitative estimate of drug-likeness (QED) is 0.858. The number of carbonyl (C=O) groups excluding carboxylic acids is 1. The second kappa shape index (κ2) is 4.03. The lowest BCUT2D eigenvalue weighted by Gasteiger charge is -2.16. The van der Waals surface area contributed by atoms with Gasteiger partial charge >= 0.3 is 0 Å². The predicted octanol–water partition coefficient (Wildman–Crippen LogP) is 1.98. The standard InChI is InChI=1S/C15H16N4O/c1-15(2)10-6-9(11-7-13(16)18-8-17-11)4-5-12(10)19(3)14(15)20/h4-8H,1-3H3,(H2,16,17,18). The van der Waals surface area contributed by atoms with E-state index in [2.05, 4.69) is 9.97 Å². The summed E-state index contributed by atoms with van der Waals surface area (Å²) in [4.78, 5) is 22.1. The number of fused-ring (bicyclic) bond motifs is 1. The zero-order valence-electron chi connectivity index (χ0n) is 11.7. The Labute approximate surface area is 117 Å². The molecule has 1 aromatic heterocycles. The van der Waals surface area contributed by atoms with Gasteiger partial charge in [-0.2, -0.15) is 0 Å². The lowest BCUT2D eigenvalue weighted by Crippen LogP contribution is -2.33. The lowest BCUT2D eigenvalue weighted by molar-refractivity contribution is -0.121. The SMILES string of the molecule is CN1C(=O)C(C)(C)c2cc(-c3cc(N)ncn3)ccc21. The molecule has 0 saturated carbocycles. The Balaban J connectivity index is 2.16. The summed E-state index contributed by atoms with van der Waals surface area (Å²) in [6.45, 7) is 3.88. The third-order valence-corrected chi connectivity index (χ3v) is 3.85. The monoisotopic (exact) mass is 268 g/mol. The fraction of sp³-hybridized carbons (Fsp3) is 0.267. The average molecular weight is 268 g/mol. The third kappa shape index (κ3) is 1.66. The highest BCUT2D eigenvalue weighted by Gasteiger charge is 2.42. The van der Waals surface area contributed by atoms with Crippen molar-refractivity contribution in [3.05, 3.63) is 36.2 Å². The van der Waals surface area contributed by atoms with Crippen LogP contribution in [0.1, 0.15) is 19.4 Å². The lowest BCUT2D eigenvalue weighted by atomic mass is 9.85. The molecule has 1 aliphatic rings. The molecule has 2 N–H and O–H groups in total. The van der Waals surface area contributed by atoms with Crippen LogP contribution >= 0.6 is 0 Å².